The van der Waals surface area contributed by atoms with Crippen LogP contribution in [0.15, 0.2) is 52.9 Å². The molecule has 2 aromatic carbocycles. The molecular formula is C23H27N3O2. The second kappa shape index (κ2) is 8.17. The summed E-state index contributed by atoms with van der Waals surface area (Å²) >= 11 is 0. The van der Waals surface area contributed by atoms with Crippen molar-refractivity contribution in [1.29, 1.82) is 0 Å². The fraction of sp³-hybridized carbons (Fsp3) is 0.348. The lowest BCUT2D eigenvalue weighted by Crippen LogP contribution is -2.41. The first-order chi connectivity index (χ1) is 13.7. The minimum absolute atomic E-state index is 0.165. The molecular weight excluding hydrogens is 350 g/mol. The van der Waals surface area contributed by atoms with Crippen LogP contribution in [-0.2, 0) is 6.54 Å². The molecule has 3 fully saturated rings. The zero-order chi connectivity index (χ0) is 19.5. The number of benzene rings is 2. The van der Waals surface area contributed by atoms with Crippen molar-refractivity contribution in [2.75, 3.05) is 19.6 Å². The summed E-state index contributed by atoms with van der Waals surface area (Å²) in [5, 5.41) is 0.850. The molecule has 0 aliphatic carbocycles. The molecule has 1 amide bonds. The highest BCUT2D eigenvalue weighted by atomic mass is 16.3. The number of nitrogens with zero attached hydrogens (tertiary/aromatic N) is 1. The van der Waals surface area contributed by atoms with Crippen LogP contribution in [0, 0.1) is 5.92 Å². The number of primary amides is 1. The molecule has 3 saturated heterocycles. The van der Waals surface area contributed by atoms with Crippen LogP contribution < -0.4 is 11.5 Å². The molecule has 0 unspecified atom stereocenters. The minimum Gasteiger partial charge on any atom is -0.450 e. The Morgan fingerprint density at radius 2 is 1.68 bits per heavy atom. The number of furan rings is 1. The first kappa shape index (κ1) is 18.7. The summed E-state index contributed by atoms with van der Waals surface area (Å²) in [4.78, 5) is 13.8. The van der Waals surface area contributed by atoms with E-state index >= 15 is 0 Å². The van der Waals surface area contributed by atoms with Gasteiger partial charge >= 0.3 is 0 Å². The van der Waals surface area contributed by atoms with Gasteiger partial charge in [0.05, 0.1) is 0 Å². The maximum absolute atomic E-state index is 11.2. The molecule has 1 aromatic heterocycles. The lowest BCUT2D eigenvalue weighted by Gasteiger charge is -2.38. The number of rotatable bonds is 3. The third-order valence-corrected chi connectivity index (χ3v) is 5.88. The van der Waals surface area contributed by atoms with Gasteiger partial charge in [-0.3, -0.25) is 4.79 Å². The summed E-state index contributed by atoms with van der Waals surface area (Å²) in [6.45, 7) is 4.62. The summed E-state index contributed by atoms with van der Waals surface area (Å²) in [5.74, 6) is 0.705. The largest absolute Gasteiger partial charge is 0.450 e. The summed E-state index contributed by atoms with van der Waals surface area (Å²) in [6, 6.07) is 15.3. The van der Waals surface area contributed by atoms with Crippen molar-refractivity contribution < 1.29 is 9.21 Å². The molecule has 28 heavy (non-hydrogen) atoms. The van der Waals surface area contributed by atoms with Gasteiger partial charge < -0.3 is 20.8 Å². The first-order valence-corrected chi connectivity index (χ1v) is 9.98. The third-order valence-electron chi connectivity index (χ3n) is 5.88. The smallest absolute Gasteiger partial charge is 0.284 e. The Balaban J connectivity index is 0.000000198. The van der Waals surface area contributed by atoms with E-state index in [0.29, 0.717) is 12.1 Å². The Morgan fingerprint density at radius 1 is 1.00 bits per heavy atom. The highest BCUT2D eigenvalue weighted by molar-refractivity contribution is 5.99. The van der Waals surface area contributed by atoms with Crippen LogP contribution in [0.4, 0.5) is 0 Å². The molecule has 6 rings (SSSR count). The van der Waals surface area contributed by atoms with Gasteiger partial charge in [0.25, 0.3) is 5.91 Å². The monoisotopic (exact) mass is 377 g/mol. The molecule has 0 atom stereocenters. The molecule has 5 nitrogen and oxygen atoms in total. The van der Waals surface area contributed by atoms with Crippen LogP contribution >= 0.6 is 0 Å². The Bertz CT molecular complexity index is 948. The molecule has 3 aliphatic heterocycles. The first-order valence-electron chi connectivity index (χ1n) is 9.98. The zero-order valence-electron chi connectivity index (χ0n) is 16.1. The highest BCUT2D eigenvalue weighted by Gasteiger charge is 2.24. The molecule has 4 heterocycles. The number of carbonyl (C=O) groups is 1. The van der Waals surface area contributed by atoms with Crippen molar-refractivity contribution in [2.45, 2.75) is 25.8 Å². The second-order valence-electron chi connectivity index (χ2n) is 7.63. The summed E-state index contributed by atoms with van der Waals surface area (Å²) in [6.07, 6.45) is 4.46. The van der Waals surface area contributed by atoms with E-state index in [9.17, 15) is 4.79 Å². The van der Waals surface area contributed by atoms with Crippen molar-refractivity contribution in [3.8, 4) is 11.1 Å². The van der Waals surface area contributed by atoms with Crippen molar-refractivity contribution in [2.24, 2.45) is 17.4 Å². The number of fused-ring (bicyclic) bond motifs is 4. The minimum atomic E-state index is -0.570. The van der Waals surface area contributed by atoms with Crippen LogP contribution in [0.1, 0.15) is 35.4 Å². The fourth-order valence-corrected chi connectivity index (χ4v) is 4.22. The third kappa shape index (κ3) is 3.81. The molecule has 146 valence electrons. The van der Waals surface area contributed by atoms with E-state index in [1.807, 2.05) is 42.5 Å². The van der Waals surface area contributed by atoms with E-state index in [4.69, 9.17) is 15.9 Å². The zero-order valence-corrected chi connectivity index (χ0v) is 16.1. The second-order valence-corrected chi connectivity index (χ2v) is 7.63. The van der Waals surface area contributed by atoms with Gasteiger partial charge in [-0.2, -0.15) is 0 Å². The lowest BCUT2D eigenvalue weighted by atomic mass is 9.89. The van der Waals surface area contributed by atoms with Crippen molar-refractivity contribution in [1.82, 2.24) is 4.90 Å². The Morgan fingerprint density at radius 3 is 2.25 bits per heavy atom. The average Bonchev–Trinajstić information content (AvgIpc) is 3.20. The van der Waals surface area contributed by atoms with E-state index in [2.05, 4.69) is 4.90 Å². The van der Waals surface area contributed by atoms with Gasteiger partial charge in [-0.1, -0.05) is 42.5 Å². The maximum atomic E-state index is 11.2. The molecule has 5 heteroatoms. The van der Waals surface area contributed by atoms with Gasteiger partial charge in [-0.15, -0.1) is 0 Å². The molecule has 4 N–H and O–H groups in total. The highest BCUT2D eigenvalue weighted by Crippen LogP contribution is 2.32. The maximum Gasteiger partial charge on any atom is 0.284 e. The Hall–Kier alpha value is -2.63. The van der Waals surface area contributed by atoms with Crippen LogP contribution in [-0.4, -0.2) is 30.4 Å². The fourth-order valence-electron chi connectivity index (χ4n) is 4.22. The molecule has 0 spiro atoms. The van der Waals surface area contributed by atoms with Crippen LogP contribution in [0.3, 0.4) is 0 Å². The molecule has 0 saturated carbocycles. The number of piperidine rings is 3. The molecule has 0 radical (unpaired) electrons. The number of hydrogen-bond donors (Lipinski definition) is 2. The van der Waals surface area contributed by atoms with E-state index < -0.39 is 5.91 Å². The Labute approximate surface area is 165 Å². The SMILES string of the molecule is C1CN2CCC1CC2.NCc1ccccc1-c1cccc2cc(C(N)=O)oc12. The van der Waals surface area contributed by atoms with Gasteiger partial charge in [-0.05, 0) is 62.0 Å². The number of amides is 1. The predicted molar refractivity (Wildman–Crippen MR) is 112 cm³/mol. The van der Waals surface area contributed by atoms with Crippen LogP contribution in [0.2, 0.25) is 0 Å². The molecule has 3 aliphatic rings. The van der Waals surface area contributed by atoms with E-state index in [0.717, 1.165) is 28.0 Å². The molecule has 2 bridgehead atoms. The van der Waals surface area contributed by atoms with Gasteiger partial charge in [0.15, 0.2) is 5.76 Å². The van der Waals surface area contributed by atoms with E-state index in [1.54, 1.807) is 6.07 Å². The van der Waals surface area contributed by atoms with Gasteiger partial charge in [-0.25, -0.2) is 0 Å². The summed E-state index contributed by atoms with van der Waals surface area (Å²) in [5.41, 5.74) is 14.6. The van der Waals surface area contributed by atoms with Gasteiger partial charge in [0, 0.05) is 17.5 Å². The average molecular weight is 377 g/mol. The molecule has 3 aromatic rings. The number of para-hydroxylation sites is 1. The quantitative estimate of drug-likeness (QED) is 0.728. The number of nitrogens with two attached hydrogens (primary N) is 2. The normalized spacial score (nSPS) is 20.6. The lowest BCUT2D eigenvalue weighted by molar-refractivity contribution is 0.0976. The standard InChI is InChI=1S/C16H14N2O2.C7H13N/c17-9-11-4-1-2-6-12(11)13-7-3-5-10-8-14(16(18)19)20-15(10)13;1-4-8-5-2-7(1)3-6-8/h1-8H,9,17H2,(H2,18,19);7H,1-6H2. The van der Waals surface area contributed by atoms with Crippen LogP contribution in [0.25, 0.3) is 22.1 Å². The van der Waals surface area contributed by atoms with Crippen LogP contribution in [0.5, 0.6) is 0 Å². The van der Waals surface area contributed by atoms with Gasteiger partial charge in [0.2, 0.25) is 0 Å². The number of carbonyl (C=O) groups excluding carboxylic acids is 1. The van der Waals surface area contributed by atoms with E-state index in [1.165, 1.54) is 38.9 Å². The van der Waals surface area contributed by atoms with Crippen molar-refractivity contribution in [3.63, 3.8) is 0 Å². The number of hydrogen-bond acceptors (Lipinski definition) is 4. The Kier molecular flexibility index (Phi) is 5.46. The van der Waals surface area contributed by atoms with Crippen molar-refractivity contribution >= 4 is 16.9 Å². The topological polar surface area (TPSA) is 85.5 Å². The summed E-state index contributed by atoms with van der Waals surface area (Å²) < 4.78 is 5.60. The predicted octanol–water partition coefficient (Wildman–Crippen LogP) is 3.76. The van der Waals surface area contributed by atoms with Gasteiger partial charge in [0.1, 0.15) is 5.58 Å². The van der Waals surface area contributed by atoms with E-state index in [-0.39, 0.29) is 5.76 Å². The van der Waals surface area contributed by atoms with Crippen molar-refractivity contribution in [3.05, 3.63) is 59.9 Å². The summed E-state index contributed by atoms with van der Waals surface area (Å²) in [7, 11) is 0.